The number of aromatic nitrogens is 1. The number of fused-ring (bicyclic) bond motifs is 1. The van der Waals surface area contributed by atoms with Crippen molar-refractivity contribution in [1.29, 1.82) is 0 Å². The van der Waals surface area contributed by atoms with E-state index in [2.05, 4.69) is 21.9 Å². The summed E-state index contributed by atoms with van der Waals surface area (Å²) in [6.45, 7) is 3.59. The molecular formula is C23H26F3N5O4. The lowest BCUT2D eigenvalue weighted by atomic mass is 10.1. The fraction of sp³-hybridized carbons (Fsp3) is 0.391. The highest BCUT2D eigenvalue weighted by Gasteiger charge is 2.38. The van der Waals surface area contributed by atoms with Crippen LogP contribution in [0.15, 0.2) is 41.9 Å². The number of ether oxygens (including phenoxy) is 2. The number of carbonyl (C=O) groups is 2. The fourth-order valence-electron chi connectivity index (χ4n) is 3.60. The maximum Gasteiger partial charge on any atom is 0.433 e. The second-order valence-electron chi connectivity index (χ2n) is 8.00. The minimum Gasteiger partial charge on any atom is -0.494 e. The Labute approximate surface area is 199 Å². The van der Waals surface area contributed by atoms with E-state index in [1.54, 1.807) is 20.2 Å². The summed E-state index contributed by atoms with van der Waals surface area (Å²) < 4.78 is 50.6. The van der Waals surface area contributed by atoms with Crippen LogP contribution in [0.5, 0.6) is 5.75 Å². The minimum absolute atomic E-state index is 0.00754. The lowest BCUT2D eigenvalue weighted by molar-refractivity contribution is -0.141. The second kappa shape index (κ2) is 10.3. The molecule has 0 saturated carbocycles. The summed E-state index contributed by atoms with van der Waals surface area (Å²) in [7, 11) is 4.51. The zero-order valence-electron chi connectivity index (χ0n) is 19.4. The molecule has 2 amide bonds. The lowest BCUT2D eigenvalue weighted by Crippen LogP contribution is -2.45. The minimum atomic E-state index is -4.64. The average Bonchev–Trinajstić information content (AvgIpc) is 3.26. The zero-order chi connectivity index (χ0) is 25.9. The van der Waals surface area contributed by atoms with Crippen molar-refractivity contribution in [1.82, 2.24) is 15.2 Å². The fourth-order valence-corrected chi connectivity index (χ4v) is 3.60. The number of benzene rings is 1. The summed E-state index contributed by atoms with van der Waals surface area (Å²) in [5.41, 5.74) is 5.02. The van der Waals surface area contributed by atoms with Crippen molar-refractivity contribution in [3.8, 4) is 5.75 Å². The third-order valence-corrected chi connectivity index (χ3v) is 5.47. The molecule has 1 aliphatic rings. The largest absolute Gasteiger partial charge is 0.494 e. The molecule has 0 fully saturated rings. The SMILES string of the molecule is C=CC(CNC(=O)C1N=C(c2ccc(OC)c3nc(C(F)(F)F)ccc23)OC1CN)C(=O)N(C)C. The van der Waals surface area contributed by atoms with Gasteiger partial charge in [0.25, 0.3) is 0 Å². The van der Waals surface area contributed by atoms with Crippen LogP contribution in [-0.2, 0) is 20.5 Å². The zero-order valence-corrected chi connectivity index (χ0v) is 19.4. The van der Waals surface area contributed by atoms with Gasteiger partial charge in [0.2, 0.25) is 17.7 Å². The van der Waals surface area contributed by atoms with E-state index < -0.39 is 35.8 Å². The van der Waals surface area contributed by atoms with E-state index in [1.165, 1.54) is 30.2 Å². The number of halogens is 3. The van der Waals surface area contributed by atoms with Crippen molar-refractivity contribution in [3.05, 3.63) is 48.2 Å². The third-order valence-electron chi connectivity index (χ3n) is 5.47. The first-order valence-electron chi connectivity index (χ1n) is 10.6. The van der Waals surface area contributed by atoms with Gasteiger partial charge in [-0.2, -0.15) is 13.2 Å². The number of carbonyl (C=O) groups excluding carboxylic acids is 2. The van der Waals surface area contributed by atoms with Gasteiger partial charge < -0.3 is 25.4 Å². The number of amides is 2. The van der Waals surface area contributed by atoms with Crippen LogP contribution in [-0.4, -0.2) is 74.0 Å². The average molecular weight is 493 g/mol. The van der Waals surface area contributed by atoms with Gasteiger partial charge in [-0.3, -0.25) is 9.59 Å². The van der Waals surface area contributed by atoms with Crippen molar-refractivity contribution in [2.24, 2.45) is 16.6 Å². The van der Waals surface area contributed by atoms with E-state index in [1.807, 2.05) is 0 Å². The molecule has 0 radical (unpaired) electrons. The molecule has 1 aromatic heterocycles. The Morgan fingerprint density at radius 2 is 2.03 bits per heavy atom. The van der Waals surface area contributed by atoms with E-state index in [0.717, 1.165) is 6.07 Å². The molecule has 0 bridgehead atoms. The summed E-state index contributed by atoms with van der Waals surface area (Å²) in [5, 5.41) is 2.97. The maximum atomic E-state index is 13.2. The van der Waals surface area contributed by atoms with Crippen LogP contribution in [0, 0.1) is 5.92 Å². The van der Waals surface area contributed by atoms with Crippen LogP contribution in [0.25, 0.3) is 10.9 Å². The number of methoxy groups -OCH3 is 1. The van der Waals surface area contributed by atoms with Crippen LogP contribution in [0.2, 0.25) is 0 Å². The van der Waals surface area contributed by atoms with Gasteiger partial charge in [-0.1, -0.05) is 6.08 Å². The van der Waals surface area contributed by atoms with E-state index in [9.17, 15) is 22.8 Å². The Morgan fingerprint density at radius 3 is 2.60 bits per heavy atom. The molecule has 3 atom stereocenters. The Hall–Kier alpha value is -3.67. The van der Waals surface area contributed by atoms with Gasteiger partial charge in [-0.15, -0.1) is 6.58 Å². The smallest absolute Gasteiger partial charge is 0.433 e. The van der Waals surface area contributed by atoms with Crippen LogP contribution < -0.4 is 15.8 Å². The molecule has 188 valence electrons. The quantitative estimate of drug-likeness (QED) is 0.541. The molecule has 12 heteroatoms. The summed E-state index contributed by atoms with van der Waals surface area (Å²) in [6, 6.07) is 4.09. The number of rotatable bonds is 8. The Balaban J connectivity index is 1.92. The predicted molar refractivity (Wildman–Crippen MR) is 123 cm³/mol. The van der Waals surface area contributed by atoms with Crippen molar-refractivity contribution in [2.75, 3.05) is 34.3 Å². The topological polar surface area (TPSA) is 119 Å². The predicted octanol–water partition coefficient (Wildman–Crippen LogP) is 1.74. The molecule has 3 rings (SSSR count). The Kier molecular flexibility index (Phi) is 7.64. The van der Waals surface area contributed by atoms with Gasteiger partial charge in [0.05, 0.1) is 13.0 Å². The van der Waals surface area contributed by atoms with E-state index in [0.29, 0.717) is 10.9 Å². The molecule has 0 saturated heterocycles. The lowest BCUT2D eigenvalue weighted by Gasteiger charge is -2.20. The number of nitrogens with zero attached hydrogens (tertiary/aromatic N) is 3. The van der Waals surface area contributed by atoms with Crippen molar-refractivity contribution < 1.29 is 32.2 Å². The van der Waals surface area contributed by atoms with Crippen LogP contribution in [0.4, 0.5) is 13.2 Å². The molecule has 35 heavy (non-hydrogen) atoms. The number of pyridine rings is 1. The number of nitrogens with one attached hydrogen (secondary N) is 1. The van der Waals surface area contributed by atoms with Crippen LogP contribution >= 0.6 is 0 Å². The number of alkyl halides is 3. The Bertz CT molecular complexity index is 1170. The van der Waals surface area contributed by atoms with E-state index >= 15 is 0 Å². The molecule has 9 nitrogen and oxygen atoms in total. The third kappa shape index (κ3) is 5.37. The standard InChI is InChI=1S/C23H26F3N5O4/c1-5-12(22(33)31(2)3)11-28-20(32)19-16(10-27)35-21(30-19)14-6-8-15(34-4)18-13(14)7-9-17(29-18)23(24,25)26/h5-9,12,16,19H,1,10-11,27H2,2-4H3,(H,28,32). The van der Waals surface area contributed by atoms with Gasteiger partial charge in [-0.05, 0) is 24.3 Å². The highest BCUT2D eigenvalue weighted by atomic mass is 19.4. The van der Waals surface area contributed by atoms with Gasteiger partial charge in [-0.25, -0.2) is 9.98 Å². The molecule has 0 aliphatic carbocycles. The first-order valence-corrected chi connectivity index (χ1v) is 10.6. The number of hydrogen-bond acceptors (Lipinski definition) is 7. The van der Waals surface area contributed by atoms with E-state index in [-0.39, 0.29) is 36.2 Å². The molecule has 3 N–H and O–H groups in total. The molecule has 2 heterocycles. The number of nitrogens with two attached hydrogens (primary N) is 1. The summed E-state index contributed by atoms with van der Waals surface area (Å²) >= 11 is 0. The summed E-state index contributed by atoms with van der Waals surface area (Å²) in [6.07, 6.45) is -4.01. The molecule has 3 unspecified atom stereocenters. The molecular weight excluding hydrogens is 467 g/mol. The van der Waals surface area contributed by atoms with Crippen molar-refractivity contribution >= 4 is 28.6 Å². The first-order chi connectivity index (χ1) is 16.5. The van der Waals surface area contributed by atoms with Gasteiger partial charge in [0, 0.05) is 38.1 Å². The highest BCUT2D eigenvalue weighted by molar-refractivity contribution is 6.09. The van der Waals surface area contributed by atoms with Crippen LogP contribution in [0.3, 0.4) is 0 Å². The summed E-state index contributed by atoms with van der Waals surface area (Å²) in [5.74, 6) is -1.18. The second-order valence-corrected chi connectivity index (χ2v) is 8.00. The van der Waals surface area contributed by atoms with Crippen LogP contribution in [0.1, 0.15) is 11.3 Å². The first kappa shape index (κ1) is 25.9. The monoisotopic (exact) mass is 493 g/mol. The molecule has 1 aromatic carbocycles. The number of hydrogen-bond donors (Lipinski definition) is 2. The molecule has 0 spiro atoms. The summed E-state index contributed by atoms with van der Waals surface area (Å²) in [4.78, 5) is 34.5. The highest BCUT2D eigenvalue weighted by Crippen LogP contribution is 2.34. The van der Waals surface area contributed by atoms with Gasteiger partial charge >= 0.3 is 6.18 Å². The van der Waals surface area contributed by atoms with Crippen molar-refractivity contribution in [2.45, 2.75) is 18.3 Å². The normalized spacial score (nSPS) is 18.4. The Morgan fingerprint density at radius 1 is 1.31 bits per heavy atom. The van der Waals surface area contributed by atoms with Crippen molar-refractivity contribution in [3.63, 3.8) is 0 Å². The molecule has 2 aromatic rings. The molecule has 1 aliphatic heterocycles. The number of aliphatic imine (C=N–C) groups is 1. The van der Waals surface area contributed by atoms with E-state index in [4.69, 9.17) is 15.2 Å². The van der Waals surface area contributed by atoms with Gasteiger partial charge in [0.1, 0.15) is 23.1 Å². The maximum absolute atomic E-state index is 13.2. The van der Waals surface area contributed by atoms with Gasteiger partial charge in [0.15, 0.2) is 6.04 Å².